The van der Waals surface area contributed by atoms with Crippen LogP contribution in [0.4, 0.5) is 0 Å². The molecule has 0 rings (SSSR count). The lowest BCUT2D eigenvalue weighted by atomic mass is 9.91. The molecule has 1 N–H and O–H groups in total. The summed E-state index contributed by atoms with van der Waals surface area (Å²) in [6.45, 7) is 5.64. The van der Waals surface area contributed by atoms with Crippen molar-refractivity contribution < 1.29 is 14.7 Å². The summed E-state index contributed by atoms with van der Waals surface area (Å²) in [5.41, 5.74) is 0. The third-order valence-electron chi connectivity index (χ3n) is 2.71. The fourth-order valence-corrected chi connectivity index (χ4v) is 1.26. The molecule has 0 aliphatic heterocycles. The third kappa shape index (κ3) is 3.27. The van der Waals surface area contributed by atoms with E-state index in [4.69, 9.17) is 4.84 Å². The molecule has 0 saturated heterocycles. The van der Waals surface area contributed by atoms with Crippen molar-refractivity contribution in [1.29, 1.82) is 0 Å². The van der Waals surface area contributed by atoms with Crippen LogP contribution < -0.4 is 0 Å². The highest BCUT2D eigenvalue weighted by molar-refractivity contribution is 5.77. The van der Waals surface area contributed by atoms with E-state index in [1.54, 1.807) is 14.0 Å². The van der Waals surface area contributed by atoms with Gasteiger partial charge in [-0.3, -0.25) is 9.63 Å². The summed E-state index contributed by atoms with van der Waals surface area (Å²) in [5, 5.41) is 10.9. The molecule has 0 bridgehead atoms. The second-order valence-electron chi connectivity index (χ2n) is 3.68. The Morgan fingerprint density at radius 1 is 1.50 bits per heavy atom. The molecule has 0 aromatic carbocycles. The van der Waals surface area contributed by atoms with Crippen molar-refractivity contribution >= 4 is 5.91 Å². The number of hydroxylamine groups is 2. The van der Waals surface area contributed by atoms with Crippen LogP contribution >= 0.6 is 0 Å². The van der Waals surface area contributed by atoms with Gasteiger partial charge in [0.05, 0.1) is 19.1 Å². The standard InChI is InChI=1S/C10H21NO3/c1-6-7(2)9(12)8(3)10(13)11(4)14-5/h7-9,12H,6H2,1-5H3/t7-,8-,9+/m0/s1. The summed E-state index contributed by atoms with van der Waals surface area (Å²) in [6.07, 6.45) is 0.250. The predicted molar refractivity (Wildman–Crippen MR) is 54.4 cm³/mol. The highest BCUT2D eigenvalue weighted by Gasteiger charge is 2.28. The fraction of sp³-hybridized carbons (Fsp3) is 0.900. The van der Waals surface area contributed by atoms with Crippen molar-refractivity contribution in [3.8, 4) is 0 Å². The Kier molecular flexibility index (Phi) is 5.72. The smallest absolute Gasteiger partial charge is 0.251 e. The van der Waals surface area contributed by atoms with Gasteiger partial charge in [0.25, 0.3) is 5.91 Å². The largest absolute Gasteiger partial charge is 0.392 e. The lowest BCUT2D eigenvalue weighted by molar-refractivity contribution is -0.177. The van der Waals surface area contributed by atoms with Gasteiger partial charge in [0.2, 0.25) is 0 Å². The van der Waals surface area contributed by atoms with E-state index in [2.05, 4.69) is 0 Å². The topological polar surface area (TPSA) is 49.8 Å². The van der Waals surface area contributed by atoms with Gasteiger partial charge in [-0.2, -0.15) is 0 Å². The zero-order chi connectivity index (χ0) is 11.3. The lowest BCUT2D eigenvalue weighted by Gasteiger charge is -2.26. The first-order chi connectivity index (χ1) is 6.45. The first-order valence-corrected chi connectivity index (χ1v) is 4.95. The number of hydrogen-bond acceptors (Lipinski definition) is 3. The lowest BCUT2D eigenvalue weighted by Crippen LogP contribution is -2.39. The molecule has 0 saturated carbocycles. The number of rotatable bonds is 5. The highest BCUT2D eigenvalue weighted by atomic mass is 16.7. The quantitative estimate of drug-likeness (QED) is 0.679. The zero-order valence-corrected chi connectivity index (χ0v) is 9.65. The Labute approximate surface area is 85.8 Å². The van der Waals surface area contributed by atoms with Crippen LogP contribution in [0.2, 0.25) is 0 Å². The summed E-state index contributed by atoms with van der Waals surface area (Å²) < 4.78 is 0. The van der Waals surface area contributed by atoms with Crippen molar-refractivity contribution in [1.82, 2.24) is 5.06 Å². The zero-order valence-electron chi connectivity index (χ0n) is 9.65. The average molecular weight is 203 g/mol. The molecule has 0 spiro atoms. The number of hydrogen-bond donors (Lipinski definition) is 1. The highest BCUT2D eigenvalue weighted by Crippen LogP contribution is 2.17. The first-order valence-electron chi connectivity index (χ1n) is 4.95. The molecule has 4 heteroatoms. The van der Waals surface area contributed by atoms with E-state index in [-0.39, 0.29) is 11.8 Å². The second kappa shape index (κ2) is 5.98. The summed E-state index contributed by atoms with van der Waals surface area (Å²) >= 11 is 0. The normalized spacial score (nSPS) is 17.3. The van der Waals surface area contributed by atoms with Gasteiger partial charge >= 0.3 is 0 Å². The monoisotopic (exact) mass is 203 g/mol. The summed E-state index contributed by atoms with van der Waals surface area (Å²) in [4.78, 5) is 16.3. The van der Waals surface area contributed by atoms with Crippen LogP contribution in [0.1, 0.15) is 27.2 Å². The van der Waals surface area contributed by atoms with E-state index in [0.717, 1.165) is 11.5 Å². The number of amides is 1. The summed E-state index contributed by atoms with van der Waals surface area (Å²) in [7, 11) is 2.97. The third-order valence-corrected chi connectivity index (χ3v) is 2.71. The molecular weight excluding hydrogens is 182 g/mol. The van der Waals surface area contributed by atoms with Gasteiger partial charge in [0, 0.05) is 7.05 Å². The molecule has 14 heavy (non-hydrogen) atoms. The van der Waals surface area contributed by atoms with Gasteiger partial charge in [0.1, 0.15) is 0 Å². The number of aliphatic hydroxyl groups excluding tert-OH is 1. The van der Waals surface area contributed by atoms with Crippen LogP contribution in [-0.4, -0.2) is 36.3 Å². The van der Waals surface area contributed by atoms with Gasteiger partial charge < -0.3 is 5.11 Å². The van der Waals surface area contributed by atoms with Crippen molar-refractivity contribution in [2.45, 2.75) is 33.3 Å². The van der Waals surface area contributed by atoms with E-state index < -0.39 is 12.0 Å². The molecule has 0 fully saturated rings. The van der Waals surface area contributed by atoms with Crippen LogP contribution in [-0.2, 0) is 9.63 Å². The van der Waals surface area contributed by atoms with Gasteiger partial charge in [-0.1, -0.05) is 27.2 Å². The van der Waals surface area contributed by atoms with Crippen LogP contribution in [0.5, 0.6) is 0 Å². The number of nitrogens with zero attached hydrogens (tertiary/aromatic N) is 1. The van der Waals surface area contributed by atoms with E-state index in [1.165, 1.54) is 7.11 Å². The van der Waals surface area contributed by atoms with Crippen LogP contribution in [0, 0.1) is 11.8 Å². The Morgan fingerprint density at radius 3 is 2.36 bits per heavy atom. The van der Waals surface area contributed by atoms with Crippen molar-refractivity contribution in [2.24, 2.45) is 11.8 Å². The molecule has 0 aromatic heterocycles. The van der Waals surface area contributed by atoms with Crippen molar-refractivity contribution in [3.05, 3.63) is 0 Å². The maximum Gasteiger partial charge on any atom is 0.251 e. The molecule has 1 amide bonds. The minimum Gasteiger partial charge on any atom is -0.392 e. The number of carbonyl (C=O) groups excluding carboxylic acids is 1. The van der Waals surface area contributed by atoms with Gasteiger partial charge in [0.15, 0.2) is 0 Å². The number of carbonyl (C=O) groups is 1. The molecule has 3 atom stereocenters. The Balaban J connectivity index is 4.30. The molecule has 0 aliphatic carbocycles. The first kappa shape index (κ1) is 13.4. The molecule has 0 heterocycles. The fourth-order valence-electron chi connectivity index (χ4n) is 1.26. The average Bonchev–Trinajstić information content (AvgIpc) is 2.23. The van der Waals surface area contributed by atoms with Crippen molar-refractivity contribution in [2.75, 3.05) is 14.2 Å². The van der Waals surface area contributed by atoms with E-state index >= 15 is 0 Å². The van der Waals surface area contributed by atoms with Gasteiger partial charge in [-0.15, -0.1) is 0 Å². The van der Waals surface area contributed by atoms with Crippen molar-refractivity contribution in [3.63, 3.8) is 0 Å². The molecule has 0 aliphatic rings. The molecule has 0 radical (unpaired) electrons. The summed E-state index contributed by atoms with van der Waals surface area (Å²) in [5.74, 6) is -0.491. The second-order valence-corrected chi connectivity index (χ2v) is 3.68. The number of aliphatic hydroxyl groups is 1. The predicted octanol–water partition coefficient (Wildman–Crippen LogP) is 1.05. The Morgan fingerprint density at radius 2 is 2.00 bits per heavy atom. The van der Waals surface area contributed by atoms with E-state index in [9.17, 15) is 9.90 Å². The SMILES string of the molecule is CC[C@H](C)[C@@H](O)[C@H](C)C(=O)N(C)OC. The molecule has 0 aromatic rings. The molecule has 84 valence electrons. The molecular formula is C10H21NO3. The Hall–Kier alpha value is -0.610. The maximum atomic E-state index is 11.6. The van der Waals surface area contributed by atoms with Crippen LogP contribution in [0.3, 0.4) is 0 Å². The molecule has 4 nitrogen and oxygen atoms in total. The minimum atomic E-state index is -0.606. The Bertz CT molecular complexity index is 184. The molecule has 0 unspecified atom stereocenters. The minimum absolute atomic E-state index is 0.124. The van der Waals surface area contributed by atoms with E-state index in [1.807, 2.05) is 13.8 Å². The van der Waals surface area contributed by atoms with Gasteiger partial charge in [-0.25, -0.2) is 5.06 Å². The maximum absolute atomic E-state index is 11.6. The van der Waals surface area contributed by atoms with Gasteiger partial charge in [-0.05, 0) is 5.92 Å². The summed E-state index contributed by atoms with van der Waals surface area (Å²) in [6, 6.07) is 0. The van der Waals surface area contributed by atoms with Crippen LogP contribution in [0.15, 0.2) is 0 Å². The van der Waals surface area contributed by atoms with Crippen LogP contribution in [0.25, 0.3) is 0 Å². The van der Waals surface area contributed by atoms with E-state index in [0.29, 0.717) is 0 Å².